The molecule has 0 saturated carbocycles. The summed E-state index contributed by atoms with van der Waals surface area (Å²) < 4.78 is 0. The Morgan fingerprint density at radius 2 is 2.30 bits per heavy atom. The van der Waals surface area contributed by atoms with Gasteiger partial charge in [0.25, 0.3) is 0 Å². The van der Waals surface area contributed by atoms with Gasteiger partial charge in [0.1, 0.15) is 0 Å². The van der Waals surface area contributed by atoms with E-state index >= 15 is 0 Å². The van der Waals surface area contributed by atoms with E-state index in [-0.39, 0.29) is 12.5 Å². The van der Waals surface area contributed by atoms with Gasteiger partial charge in [0, 0.05) is 6.92 Å². The van der Waals surface area contributed by atoms with Crippen LogP contribution in [0.1, 0.15) is 6.92 Å². The number of nitrogens with two attached hydrogens (primary N) is 2. The van der Waals surface area contributed by atoms with E-state index in [0.29, 0.717) is 5.84 Å². The van der Waals surface area contributed by atoms with Crippen molar-refractivity contribution in [3.05, 3.63) is 0 Å². The average molecular weight is 145 g/mol. The van der Waals surface area contributed by atoms with Gasteiger partial charge in [-0.2, -0.15) is 5.10 Å². The predicted molar refractivity (Wildman–Crippen MR) is 37.6 cm³/mol. The Bertz CT molecular complexity index is 143. The highest BCUT2D eigenvalue weighted by atomic mass is 16.1. The summed E-state index contributed by atoms with van der Waals surface area (Å²) in [6.07, 6.45) is 0. The van der Waals surface area contributed by atoms with Crippen LogP contribution in [0.2, 0.25) is 0 Å². The van der Waals surface area contributed by atoms with E-state index in [9.17, 15) is 4.79 Å². The molecule has 0 aliphatic rings. The van der Waals surface area contributed by atoms with Crippen LogP contribution >= 0.6 is 0 Å². The predicted octanol–water partition coefficient (Wildman–Crippen LogP) is -2.14. The van der Waals surface area contributed by atoms with Crippen LogP contribution in [0.4, 0.5) is 0 Å². The lowest BCUT2D eigenvalue weighted by molar-refractivity contribution is -0.118. The summed E-state index contributed by atoms with van der Waals surface area (Å²) >= 11 is 0. The molecule has 0 aromatic heterocycles. The van der Waals surface area contributed by atoms with Crippen LogP contribution in [-0.4, -0.2) is 18.3 Å². The Hall–Kier alpha value is -1.30. The SMILES string of the molecule is CC(=O)NC/C(=N/N)NN. The molecule has 1 amide bonds. The molecule has 58 valence electrons. The van der Waals surface area contributed by atoms with Gasteiger partial charge in [-0.1, -0.05) is 0 Å². The van der Waals surface area contributed by atoms with Gasteiger partial charge in [-0.3, -0.25) is 4.79 Å². The Morgan fingerprint density at radius 3 is 2.60 bits per heavy atom. The zero-order chi connectivity index (χ0) is 7.98. The number of amidine groups is 1. The van der Waals surface area contributed by atoms with Crippen LogP contribution in [0, 0.1) is 0 Å². The molecular formula is C4H11N5O. The molecule has 0 fully saturated rings. The molecule has 0 spiro atoms. The van der Waals surface area contributed by atoms with Crippen molar-refractivity contribution >= 4 is 11.7 Å². The van der Waals surface area contributed by atoms with Crippen molar-refractivity contribution < 1.29 is 4.79 Å². The molecule has 0 aromatic rings. The minimum atomic E-state index is -0.156. The van der Waals surface area contributed by atoms with Crippen LogP contribution in [0.3, 0.4) is 0 Å². The normalized spacial score (nSPS) is 10.8. The highest BCUT2D eigenvalue weighted by Crippen LogP contribution is 1.64. The number of amides is 1. The lowest BCUT2D eigenvalue weighted by atomic mass is 10.5. The maximum Gasteiger partial charge on any atom is 0.217 e. The first-order valence-corrected chi connectivity index (χ1v) is 2.68. The van der Waals surface area contributed by atoms with Gasteiger partial charge >= 0.3 is 0 Å². The number of carbonyl (C=O) groups excluding carboxylic acids is 1. The van der Waals surface area contributed by atoms with E-state index in [2.05, 4.69) is 15.8 Å². The molecule has 0 aliphatic carbocycles. The second-order valence-corrected chi connectivity index (χ2v) is 1.63. The maximum atomic E-state index is 10.3. The highest BCUT2D eigenvalue weighted by Gasteiger charge is 1.95. The summed E-state index contributed by atoms with van der Waals surface area (Å²) in [4.78, 5) is 10.3. The number of rotatable bonds is 2. The third-order valence-corrected chi connectivity index (χ3v) is 0.827. The zero-order valence-electron chi connectivity index (χ0n) is 5.72. The van der Waals surface area contributed by atoms with Gasteiger partial charge in [0.05, 0.1) is 6.54 Å². The van der Waals surface area contributed by atoms with E-state index in [4.69, 9.17) is 11.7 Å². The molecule has 0 aromatic carbocycles. The standard InChI is InChI=1S/C4H11N5O/c1-3(10)7-2-4(8-5)9-6/h2,5-6H2,1H3,(H,7,10)(H,8,9). The minimum Gasteiger partial charge on any atom is -0.349 e. The van der Waals surface area contributed by atoms with Crippen molar-refractivity contribution in [3.8, 4) is 0 Å². The van der Waals surface area contributed by atoms with Crippen LogP contribution in [0.5, 0.6) is 0 Å². The van der Waals surface area contributed by atoms with Gasteiger partial charge in [-0.05, 0) is 0 Å². The van der Waals surface area contributed by atoms with Gasteiger partial charge in [-0.15, -0.1) is 0 Å². The minimum absolute atomic E-state index is 0.156. The highest BCUT2D eigenvalue weighted by molar-refractivity contribution is 5.87. The fourth-order valence-electron chi connectivity index (χ4n) is 0.342. The van der Waals surface area contributed by atoms with Gasteiger partial charge in [0.2, 0.25) is 5.91 Å². The first-order chi connectivity index (χ1) is 4.70. The molecule has 0 rings (SSSR count). The van der Waals surface area contributed by atoms with Crippen molar-refractivity contribution in [1.29, 1.82) is 0 Å². The summed E-state index contributed by atoms with van der Waals surface area (Å²) in [6, 6.07) is 0. The number of nitrogens with zero attached hydrogens (tertiary/aromatic N) is 1. The van der Waals surface area contributed by atoms with Gasteiger partial charge in [-0.25, -0.2) is 5.84 Å². The average Bonchev–Trinajstić information content (AvgIpc) is 1.90. The summed E-state index contributed by atoms with van der Waals surface area (Å²) in [5.41, 5.74) is 2.22. The number of nitrogens with one attached hydrogen (secondary N) is 2. The number of hydrazone groups is 1. The van der Waals surface area contributed by atoms with E-state index in [0.717, 1.165) is 0 Å². The third-order valence-electron chi connectivity index (χ3n) is 0.827. The Labute approximate surface area is 58.6 Å². The lowest BCUT2D eigenvalue weighted by Gasteiger charge is -2.02. The fourth-order valence-corrected chi connectivity index (χ4v) is 0.342. The molecule has 0 heterocycles. The quantitative estimate of drug-likeness (QED) is 0.154. The topological polar surface area (TPSA) is 106 Å². The number of hydrogen-bond acceptors (Lipinski definition) is 4. The van der Waals surface area contributed by atoms with E-state index < -0.39 is 0 Å². The first-order valence-electron chi connectivity index (χ1n) is 2.68. The van der Waals surface area contributed by atoms with Gasteiger partial charge < -0.3 is 16.6 Å². The molecule has 0 unspecified atom stereocenters. The molecule has 0 bridgehead atoms. The number of carbonyl (C=O) groups is 1. The van der Waals surface area contributed by atoms with Crippen molar-refractivity contribution in [2.75, 3.05) is 6.54 Å². The molecule has 6 N–H and O–H groups in total. The summed E-state index contributed by atoms with van der Waals surface area (Å²) in [5.74, 6) is 9.99. The zero-order valence-corrected chi connectivity index (χ0v) is 5.72. The second kappa shape index (κ2) is 4.57. The van der Waals surface area contributed by atoms with E-state index in [1.807, 2.05) is 0 Å². The van der Waals surface area contributed by atoms with Crippen LogP contribution in [0.25, 0.3) is 0 Å². The van der Waals surface area contributed by atoms with Crippen molar-refractivity contribution in [2.45, 2.75) is 6.92 Å². The van der Waals surface area contributed by atoms with Crippen molar-refractivity contribution in [1.82, 2.24) is 10.7 Å². The lowest BCUT2D eigenvalue weighted by Crippen LogP contribution is -2.40. The smallest absolute Gasteiger partial charge is 0.217 e. The molecule has 0 saturated heterocycles. The largest absolute Gasteiger partial charge is 0.349 e. The van der Waals surface area contributed by atoms with Crippen molar-refractivity contribution in [3.63, 3.8) is 0 Å². The van der Waals surface area contributed by atoms with Gasteiger partial charge in [0.15, 0.2) is 5.84 Å². The molecule has 0 aliphatic heterocycles. The number of hydrogen-bond donors (Lipinski definition) is 4. The monoisotopic (exact) mass is 145 g/mol. The van der Waals surface area contributed by atoms with E-state index in [1.54, 1.807) is 0 Å². The summed E-state index contributed by atoms with van der Waals surface area (Å²) in [7, 11) is 0. The summed E-state index contributed by atoms with van der Waals surface area (Å²) in [6.45, 7) is 1.62. The maximum absolute atomic E-state index is 10.3. The van der Waals surface area contributed by atoms with E-state index in [1.165, 1.54) is 6.92 Å². The molecule has 10 heavy (non-hydrogen) atoms. The Balaban J connectivity index is 3.56. The molecule has 6 nitrogen and oxygen atoms in total. The summed E-state index contributed by atoms with van der Waals surface area (Å²) in [5, 5.41) is 5.70. The van der Waals surface area contributed by atoms with Crippen molar-refractivity contribution in [2.24, 2.45) is 16.8 Å². The Morgan fingerprint density at radius 1 is 1.70 bits per heavy atom. The van der Waals surface area contributed by atoms with Crippen LogP contribution in [-0.2, 0) is 4.79 Å². The van der Waals surface area contributed by atoms with Crippen LogP contribution < -0.4 is 22.4 Å². The molecule has 6 heteroatoms. The molecular weight excluding hydrogens is 134 g/mol. The van der Waals surface area contributed by atoms with Crippen LogP contribution in [0.15, 0.2) is 5.10 Å². The molecule has 0 radical (unpaired) electrons. The molecule has 0 atom stereocenters. The third kappa shape index (κ3) is 3.67. The number of hydrazine groups is 1. The Kier molecular flexibility index (Phi) is 3.97. The fraction of sp³-hybridized carbons (Fsp3) is 0.500. The second-order valence-electron chi connectivity index (χ2n) is 1.63. The first kappa shape index (κ1) is 8.70.